The van der Waals surface area contributed by atoms with Gasteiger partial charge < -0.3 is 9.72 Å². The fourth-order valence-electron chi connectivity index (χ4n) is 2.12. The Morgan fingerprint density at radius 3 is 2.80 bits per heavy atom. The van der Waals surface area contributed by atoms with Crippen LogP contribution in [0, 0.1) is 10.6 Å². The lowest BCUT2D eigenvalue weighted by Crippen LogP contribution is -1.95. The van der Waals surface area contributed by atoms with Gasteiger partial charge in [0.2, 0.25) is 0 Å². The first-order chi connectivity index (χ1) is 9.60. The maximum Gasteiger partial charge on any atom is 0.182 e. The van der Waals surface area contributed by atoms with Crippen LogP contribution in [-0.2, 0) is 0 Å². The molecule has 0 aliphatic rings. The van der Waals surface area contributed by atoms with E-state index in [0.717, 1.165) is 15.7 Å². The fraction of sp³-hybridized carbons (Fsp3) is 0.0714. The monoisotopic (exact) mass is 352 g/mol. The number of imidazole rings is 1. The SMILES string of the molecule is COc1cc(-n2c(=S)[nH]c3ccc(F)cc32)ccc1Br. The minimum atomic E-state index is -0.302. The standard InChI is InChI=1S/C14H10BrFN2OS/c1-19-13-7-9(3-4-10(13)15)18-12-6-8(16)2-5-11(12)17-14(18)20/h2-7H,1H3,(H,17,20). The number of methoxy groups -OCH3 is 1. The number of fused-ring (bicyclic) bond motifs is 1. The molecule has 3 nitrogen and oxygen atoms in total. The Morgan fingerprint density at radius 1 is 1.25 bits per heavy atom. The predicted octanol–water partition coefficient (Wildman–Crippen LogP) is 4.60. The van der Waals surface area contributed by atoms with E-state index in [9.17, 15) is 4.39 Å². The first-order valence-corrected chi connectivity index (χ1v) is 7.04. The van der Waals surface area contributed by atoms with Gasteiger partial charge in [-0.05, 0) is 52.4 Å². The van der Waals surface area contributed by atoms with Gasteiger partial charge in [0.15, 0.2) is 4.77 Å². The number of aromatic nitrogens is 2. The van der Waals surface area contributed by atoms with Crippen LogP contribution in [-0.4, -0.2) is 16.7 Å². The summed E-state index contributed by atoms with van der Waals surface area (Å²) >= 11 is 8.73. The number of nitrogens with zero attached hydrogens (tertiary/aromatic N) is 1. The van der Waals surface area contributed by atoms with Crippen molar-refractivity contribution in [2.24, 2.45) is 0 Å². The number of hydrogen-bond donors (Lipinski definition) is 1. The Balaban J connectivity index is 2.31. The predicted molar refractivity (Wildman–Crippen MR) is 82.7 cm³/mol. The van der Waals surface area contributed by atoms with Gasteiger partial charge in [0.1, 0.15) is 11.6 Å². The topological polar surface area (TPSA) is 29.9 Å². The first-order valence-electron chi connectivity index (χ1n) is 5.84. The van der Waals surface area contributed by atoms with E-state index in [-0.39, 0.29) is 5.82 Å². The third kappa shape index (κ3) is 2.14. The molecule has 0 aliphatic carbocycles. The maximum absolute atomic E-state index is 13.5. The quantitative estimate of drug-likeness (QED) is 0.683. The molecule has 1 heterocycles. The molecule has 3 rings (SSSR count). The summed E-state index contributed by atoms with van der Waals surface area (Å²) in [6, 6.07) is 10.1. The van der Waals surface area contributed by atoms with Gasteiger partial charge >= 0.3 is 0 Å². The van der Waals surface area contributed by atoms with E-state index >= 15 is 0 Å². The molecule has 0 spiro atoms. The van der Waals surface area contributed by atoms with E-state index in [4.69, 9.17) is 17.0 Å². The highest BCUT2D eigenvalue weighted by molar-refractivity contribution is 9.10. The van der Waals surface area contributed by atoms with Crippen molar-refractivity contribution in [3.63, 3.8) is 0 Å². The molecule has 0 amide bonds. The van der Waals surface area contributed by atoms with Gasteiger partial charge in [0, 0.05) is 12.1 Å². The van der Waals surface area contributed by atoms with Crippen molar-refractivity contribution in [3.05, 3.63) is 51.5 Å². The van der Waals surface area contributed by atoms with Crippen molar-refractivity contribution in [2.45, 2.75) is 0 Å². The minimum absolute atomic E-state index is 0.302. The molecule has 0 saturated heterocycles. The molecule has 0 saturated carbocycles. The summed E-state index contributed by atoms with van der Waals surface area (Å²) in [6.07, 6.45) is 0. The summed E-state index contributed by atoms with van der Waals surface area (Å²) in [6.45, 7) is 0. The summed E-state index contributed by atoms with van der Waals surface area (Å²) in [4.78, 5) is 3.06. The largest absolute Gasteiger partial charge is 0.495 e. The molecular weight excluding hydrogens is 343 g/mol. The first kappa shape index (κ1) is 13.3. The highest BCUT2D eigenvalue weighted by Gasteiger charge is 2.09. The van der Waals surface area contributed by atoms with Crippen LogP contribution in [0.2, 0.25) is 0 Å². The van der Waals surface area contributed by atoms with E-state index in [1.165, 1.54) is 12.1 Å². The molecule has 2 aromatic carbocycles. The van der Waals surface area contributed by atoms with Crippen LogP contribution in [0.3, 0.4) is 0 Å². The number of H-pyrrole nitrogens is 1. The van der Waals surface area contributed by atoms with E-state index in [0.29, 0.717) is 16.0 Å². The van der Waals surface area contributed by atoms with Crippen molar-refractivity contribution in [3.8, 4) is 11.4 Å². The van der Waals surface area contributed by atoms with Crippen LogP contribution < -0.4 is 4.74 Å². The zero-order chi connectivity index (χ0) is 14.3. The third-order valence-electron chi connectivity index (χ3n) is 3.04. The second-order valence-electron chi connectivity index (χ2n) is 4.25. The fourth-order valence-corrected chi connectivity index (χ4v) is 2.84. The molecule has 0 fully saturated rings. The lowest BCUT2D eigenvalue weighted by Gasteiger charge is -2.08. The molecular formula is C14H10BrFN2OS. The Kier molecular flexibility index (Phi) is 3.35. The number of aromatic amines is 1. The number of benzene rings is 2. The van der Waals surface area contributed by atoms with Crippen LogP contribution in [0.15, 0.2) is 40.9 Å². The molecule has 0 aliphatic heterocycles. The molecule has 1 aromatic heterocycles. The molecule has 1 N–H and O–H groups in total. The van der Waals surface area contributed by atoms with Crippen LogP contribution in [0.4, 0.5) is 4.39 Å². The second kappa shape index (κ2) is 5.03. The molecule has 3 aromatic rings. The van der Waals surface area contributed by atoms with Crippen LogP contribution in [0.5, 0.6) is 5.75 Å². The lowest BCUT2D eigenvalue weighted by atomic mass is 10.2. The Bertz CT molecular complexity index is 856. The molecule has 102 valence electrons. The Morgan fingerprint density at radius 2 is 2.05 bits per heavy atom. The van der Waals surface area contributed by atoms with Crippen LogP contribution in [0.1, 0.15) is 0 Å². The van der Waals surface area contributed by atoms with Crippen molar-refractivity contribution >= 4 is 39.2 Å². The summed E-state index contributed by atoms with van der Waals surface area (Å²) in [5, 5.41) is 0. The highest BCUT2D eigenvalue weighted by Crippen LogP contribution is 2.29. The normalized spacial score (nSPS) is 10.9. The van der Waals surface area contributed by atoms with E-state index in [1.54, 1.807) is 17.7 Å². The average molecular weight is 353 g/mol. The smallest absolute Gasteiger partial charge is 0.182 e. The molecule has 20 heavy (non-hydrogen) atoms. The van der Waals surface area contributed by atoms with Gasteiger partial charge in [0.05, 0.1) is 28.3 Å². The van der Waals surface area contributed by atoms with Crippen molar-refractivity contribution < 1.29 is 9.13 Å². The van der Waals surface area contributed by atoms with E-state index in [1.807, 2.05) is 18.2 Å². The summed E-state index contributed by atoms with van der Waals surface area (Å²) in [5.41, 5.74) is 2.30. The molecule has 0 atom stereocenters. The zero-order valence-corrected chi connectivity index (χ0v) is 12.9. The van der Waals surface area contributed by atoms with Crippen molar-refractivity contribution in [2.75, 3.05) is 7.11 Å². The number of rotatable bonds is 2. The van der Waals surface area contributed by atoms with Crippen molar-refractivity contribution in [1.29, 1.82) is 0 Å². The van der Waals surface area contributed by atoms with E-state index in [2.05, 4.69) is 20.9 Å². The highest BCUT2D eigenvalue weighted by atomic mass is 79.9. The summed E-state index contributed by atoms with van der Waals surface area (Å²) < 4.78 is 21.9. The minimum Gasteiger partial charge on any atom is -0.495 e. The molecule has 6 heteroatoms. The number of halogens is 2. The molecule has 0 unspecified atom stereocenters. The second-order valence-corrected chi connectivity index (χ2v) is 5.49. The zero-order valence-electron chi connectivity index (χ0n) is 10.5. The number of nitrogens with one attached hydrogen (secondary N) is 1. The maximum atomic E-state index is 13.5. The third-order valence-corrected chi connectivity index (χ3v) is 3.98. The van der Waals surface area contributed by atoms with Crippen molar-refractivity contribution in [1.82, 2.24) is 9.55 Å². The Hall–Kier alpha value is -1.66. The van der Waals surface area contributed by atoms with Gasteiger partial charge in [0.25, 0.3) is 0 Å². The molecule has 0 bridgehead atoms. The molecule has 0 radical (unpaired) electrons. The van der Waals surface area contributed by atoms with Gasteiger partial charge in [-0.25, -0.2) is 4.39 Å². The van der Waals surface area contributed by atoms with Gasteiger partial charge in [-0.1, -0.05) is 0 Å². The van der Waals surface area contributed by atoms with Crippen LogP contribution >= 0.6 is 28.1 Å². The van der Waals surface area contributed by atoms with E-state index < -0.39 is 0 Å². The summed E-state index contributed by atoms with van der Waals surface area (Å²) in [5.74, 6) is 0.388. The van der Waals surface area contributed by atoms with Gasteiger partial charge in [-0.2, -0.15) is 0 Å². The number of hydrogen-bond acceptors (Lipinski definition) is 2. The average Bonchev–Trinajstić information content (AvgIpc) is 2.75. The number of ether oxygens (including phenoxy) is 1. The van der Waals surface area contributed by atoms with Gasteiger partial charge in [-0.3, -0.25) is 4.57 Å². The summed E-state index contributed by atoms with van der Waals surface area (Å²) in [7, 11) is 1.60. The van der Waals surface area contributed by atoms with Crippen LogP contribution in [0.25, 0.3) is 16.7 Å². The Labute approximate surface area is 128 Å². The lowest BCUT2D eigenvalue weighted by molar-refractivity contribution is 0.412. The van der Waals surface area contributed by atoms with Gasteiger partial charge in [-0.15, -0.1) is 0 Å².